The maximum Gasteiger partial charge on any atom is 0.264 e. The Morgan fingerprint density at radius 1 is 1.00 bits per heavy atom. The maximum absolute atomic E-state index is 13.2. The fourth-order valence-corrected chi connectivity index (χ4v) is 5.32. The maximum atomic E-state index is 13.2. The number of sulfonamides is 1. The Balaban J connectivity index is 1.59. The van der Waals surface area contributed by atoms with Crippen molar-refractivity contribution in [2.24, 2.45) is 0 Å². The minimum absolute atomic E-state index is 0.111. The number of thioether (sulfide) groups is 1. The molecule has 0 fully saturated rings. The zero-order valence-corrected chi connectivity index (χ0v) is 17.5. The van der Waals surface area contributed by atoms with Gasteiger partial charge < -0.3 is 5.32 Å². The van der Waals surface area contributed by atoms with Gasteiger partial charge in [0.1, 0.15) is 0 Å². The molecule has 29 heavy (non-hydrogen) atoms. The SMILES string of the molecule is CSc1ccc(NC(=O)c2cccc(S(=O)(=O)N3CCc4ccccc43)c2)cc1. The lowest BCUT2D eigenvalue weighted by molar-refractivity contribution is 0.102. The quantitative estimate of drug-likeness (QED) is 0.616. The molecule has 5 nitrogen and oxygen atoms in total. The molecule has 0 spiro atoms. The van der Waals surface area contributed by atoms with E-state index in [1.54, 1.807) is 23.9 Å². The molecule has 4 rings (SSSR count). The van der Waals surface area contributed by atoms with Crippen molar-refractivity contribution in [3.8, 4) is 0 Å². The highest BCUT2D eigenvalue weighted by Gasteiger charge is 2.30. The van der Waals surface area contributed by atoms with Crippen LogP contribution in [0.5, 0.6) is 0 Å². The first-order chi connectivity index (χ1) is 14.0. The molecule has 0 aliphatic carbocycles. The van der Waals surface area contributed by atoms with Crippen molar-refractivity contribution in [3.05, 3.63) is 83.9 Å². The predicted octanol–water partition coefficient (Wildman–Crippen LogP) is 4.41. The lowest BCUT2D eigenvalue weighted by Crippen LogP contribution is -2.29. The smallest absolute Gasteiger partial charge is 0.264 e. The zero-order chi connectivity index (χ0) is 20.4. The van der Waals surface area contributed by atoms with E-state index in [4.69, 9.17) is 0 Å². The molecule has 0 saturated carbocycles. The van der Waals surface area contributed by atoms with E-state index in [1.165, 1.54) is 16.4 Å². The Morgan fingerprint density at radius 3 is 2.52 bits per heavy atom. The summed E-state index contributed by atoms with van der Waals surface area (Å²) in [6.45, 7) is 0.403. The predicted molar refractivity (Wildman–Crippen MR) is 117 cm³/mol. The van der Waals surface area contributed by atoms with Gasteiger partial charge in [0.05, 0.1) is 10.6 Å². The molecule has 1 heterocycles. The molecule has 3 aromatic carbocycles. The molecule has 1 amide bonds. The number of anilines is 2. The van der Waals surface area contributed by atoms with Gasteiger partial charge in [-0.25, -0.2) is 8.42 Å². The zero-order valence-electron chi connectivity index (χ0n) is 15.8. The number of amides is 1. The third-order valence-electron chi connectivity index (χ3n) is 4.88. The van der Waals surface area contributed by atoms with Gasteiger partial charge in [-0.3, -0.25) is 9.10 Å². The van der Waals surface area contributed by atoms with Gasteiger partial charge in [-0.05, 0) is 66.8 Å². The lowest BCUT2D eigenvalue weighted by Gasteiger charge is -2.20. The van der Waals surface area contributed by atoms with Gasteiger partial charge in [0, 0.05) is 22.7 Å². The molecule has 0 unspecified atom stereocenters. The number of para-hydroxylation sites is 1. The van der Waals surface area contributed by atoms with E-state index in [2.05, 4.69) is 5.32 Å². The summed E-state index contributed by atoms with van der Waals surface area (Å²) in [5.41, 5.74) is 2.68. The number of nitrogens with zero attached hydrogens (tertiary/aromatic N) is 1. The van der Waals surface area contributed by atoms with Gasteiger partial charge in [-0.15, -0.1) is 11.8 Å². The van der Waals surface area contributed by atoms with Crippen molar-refractivity contribution >= 4 is 39.1 Å². The van der Waals surface area contributed by atoms with Crippen molar-refractivity contribution in [1.29, 1.82) is 0 Å². The van der Waals surface area contributed by atoms with Crippen LogP contribution in [0.15, 0.2) is 82.6 Å². The van der Waals surface area contributed by atoms with Gasteiger partial charge in [-0.2, -0.15) is 0 Å². The van der Waals surface area contributed by atoms with Crippen LogP contribution in [-0.4, -0.2) is 27.1 Å². The minimum Gasteiger partial charge on any atom is -0.322 e. The largest absolute Gasteiger partial charge is 0.322 e. The molecule has 3 aromatic rings. The number of fused-ring (bicyclic) bond motifs is 1. The van der Waals surface area contributed by atoms with E-state index < -0.39 is 10.0 Å². The highest BCUT2D eigenvalue weighted by molar-refractivity contribution is 7.98. The van der Waals surface area contributed by atoms with Crippen LogP contribution in [0.3, 0.4) is 0 Å². The van der Waals surface area contributed by atoms with Crippen LogP contribution in [0, 0.1) is 0 Å². The van der Waals surface area contributed by atoms with Crippen LogP contribution in [0.25, 0.3) is 0 Å². The van der Waals surface area contributed by atoms with Crippen LogP contribution in [0.2, 0.25) is 0 Å². The Kier molecular flexibility index (Phi) is 5.34. The monoisotopic (exact) mass is 424 g/mol. The van der Waals surface area contributed by atoms with Gasteiger partial charge in [-0.1, -0.05) is 24.3 Å². The minimum atomic E-state index is -3.74. The molecule has 7 heteroatoms. The number of hydrogen-bond donors (Lipinski definition) is 1. The number of hydrogen-bond acceptors (Lipinski definition) is 4. The molecule has 0 bridgehead atoms. The molecule has 1 aliphatic heterocycles. The number of nitrogens with one attached hydrogen (secondary N) is 1. The van der Waals surface area contributed by atoms with E-state index in [1.807, 2.05) is 54.8 Å². The van der Waals surface area contributed by atoms with E-state index >= 15 is 0 Å². The Morgan fingerprint density at radius 2 is 1.76 bits per heavy atom. The van der Waals surface area contributed by atoms with Crippen LogP contribution < -0.4 is 9.62 Å². The van der Waals surface area contributed by atoms with Crippen molar-refractivity contribution in [1.82, 2.24) is 0 Å². The highest BCUT2D eigenvalue weighted by Crippen LogP contribution is 2.32. The fraction of sp³-hybridized carbons (Fsp3) is 0.136. The second-order valence-corrected chi connectivity index (χ2v) is 9.41. The summed E-state index contributed by atoms with van der Waals surface area (Å²) in [6, 6.07) is 21.2. The van der Waals surface area contributed by atoms with Crippen LogP contribution in [0.4, 0.5) is 11.4 Å². The summed E-state index contributed by atoms with van der Waals surface area (Å²) < 4.78 is 27.8. The van der Waals surface area contributed by atoms with Gasteiger partial charge in [0.25, 0.3) is 15.9 Å². The lowest BCUT2D eigenvalue weighted by atomic mass is 10.2. The second-order valence-electron chi connectivity index (χ2n) is 6.67. The normalized spacial score (nSPS) is 13.2. The van der Waals surface area contributed by atoms with E-state index in [-0.39, 0.29) is 10.8 Å². The molecule has 148 valence electrons. The third-order valence-corrected chi connectivity index (χ3v) is 7.43. The van der Waals surface area contributed by atoms with Crippen LogP contribution >= 0.6 is 11.8 Å². The summed E-state index contributed by atoms with van der Waals surface area (Å²) in [4.78, 5) is 13.9. The standard InChI is InChI=1S/C22H20N2O3S2/c1-28-19-11-9-18(10-12-19)23-22(25)17-6-4-7-20(15-17)29(26,27)24-14-13-16-5-2-3-8-21(16)24/h2-12,15H,13-14H2,1H3,(H,23,25). The Hall–Kier alpha value is -2.77. The summed E-state index contributed by atoms with van der Waals surface area (Å²) in [5.74, 6) is -0.347. The molecule has 1 aliphatic rings. The highest BCUT2D eigenvalue weighted by atomic mass is 32.2. The number of benzene rings is 3. The molecule has 0 aromatic heterocycles. The Labute approximate surface area is 174 Å². The molecular formula is C22H20N2O3S2. The van der Waals surface area contributed by atoms with Gasteiger partial charge in [0.15, 0.2) is 0 Å². The number of carbonyl (C=O) groups is 1. The van der Waals surface area contributed by atoms with Gasteiger partial charge >= 0.3 is 0 Å². The first-order valence-corrected chi connectivity index (χ1v) is 11.8. The molecule has 1 N–H and O–H groups in total. The summed E-state index contributed by atoms with van der Waals surface area (Å²) in [6.07, 6.45) is 2.67. The average Bonchev–Trinajstić information content (AvgIpc) is 3.19. The van der Waals surface area contributed by atoms with Crippen molar-refractivity contribution in [3.63, 3.8) is 0 Å². The second kappa shape index (κ2) is 7.93. The first-order valence-electron chi connectivity index (χ1n) is 9.15. The van der Waals surface area contributed by atoms with Crippen molar-refractivity contribution in [2.45, 2.75) is 16.2 Å². The molecule has 0 saturated heterocycles. The third kappa shape index (κ3) is 3.88. The average molecular weight is 425 g/mol. The van der Waals surface area contributed by atoms with Crippen LogP contribution in [0.1, 0.15) is 15.9 Å². The van der Waals surface area contributed by atoms with E-state index in [0.717, 1.165) is 10.5 Å². The Bertz CT molecular complexity index is 1160. The summed E-state index contributed by atoms with van der Waals surface area (Å²) >= 11 is 1.62. The summed E-state index contributed by atoms with van der Waals surface area (Å²) in [7, 11) is -3.74. The van der Waals surface area contributed by atoms with E-state index in [0.29, 0.717) is 29.9 Å². The van der Waals surface area contributed by atoms with Crippen molar-refractivity contribution < 1.29 is 13.2 Å². The van der Waals surface area contributed by atoms with Gasteiger partial charge in [0.2, 0.25) is 0 Å². The van der Waals surface area contributed by atoms with E-state index in [9.17, 15) is 13.2 Å². The fourth-order valence-electron chi connectivity index (χ4n) is 3.36. The van der Waals surface area contributed by atoms with Crippen molar-refractivity contribution in [2.75, 3.05) is 22.4 Å². The summed E-state index contributed by atoms with van der Waals surface area (Å²) in [5, 5.41) is 2.82. The first kappa shape index (κ1) is 19.5. The topological polar surface area (TPSA) is 66.5 Å². The molecular weight excluding hydrogens is 404 g/mol. The van der Waals surface area contributed by atoms with Crippen LogP contribution in [-0.2, 0) is 16.4 Å². The molecule has 0 atom stereocenters. The molecule has 0 radical (unpaired) electrons. The number of rotatable bonds is 5. The number of carbonyl (C=O) groups excluding carboxylic acids is 1.